The van der Waals surface area contributed by atoms with Crippen molar-refractivity contribution in [1.29, 1.82) is 0 Å². The second kappa shape index (κ2) is 5.95. The van der Waals surface area contributed by atoms with E-state index in [4.69, 9.17) is 4.74 Å². The van der Waals surface area contributed by atoms with Crippen molar-refractivity contribution < 1.29 is 4.74 Å². The Morgan fingerprint density at radius 1 is 1.28 bits per heavy atom. The number of anilines is 1. The lowest BCUT2D eigenvalue weighted by Gasteiger charge is -2.14. The molecule has 1 N–H and O–H groups in total. The summed E-state index contributed by atoms with van der Waals surface area (Å²) in [4.78, 5) is 12.2. The molecule has 0 saturated heterocycles. The first-order valence-electron chi connectivity index (χ1n) is 5.91. The lowest BCUT2D eigenvalue weighted by molar-refractivity contribution is 0.326. The maximum Gasteiger partial charge on any atom is 0.218 e. The standard InChI is InChI=1S/C13H16N4O/c1-3-18-13-8-12(15-9-16-13)17-10(2)11-4-6-14-7-5-11/h4-10H,3H2,1-2H3,(H,15,16,17). The van der Waals surface area contributed by atoms with Gasteiger partial charge in [0.25, 0.3) is 0 Å². The van der Waals surface area contributed by atoms with Crippen LogP contribution in [0.2, 0.25) is 0 Å². The summed E-state index contributed by atoms with van der Waals surface area (Å²) in [6, 6.07) is 5.89. The molecule has 0 amide bonds. The van der Waals surface area contributed by atoms with Gasteiger partial charge in [-0.15, -0.1) is 0 Å². The zero-order chi connectivity index (χ0) is 12.8. The van der Waals surface area contributed by atoms with Gasteiger partial charge in [-0.2, -0.15) is 0 Å². The molecule has 5 heteroatoms. The molecule has 94 valence electrons. The zero-order valence-electron chi connectivity index (χ0n) is 10.5. The molecule has 0 spiro atoms. The number of hydrogen-bond acceptors (Lipinski definition) is 5. The largest absolute Gasteiger partial charge is 0.478 e. The van der Waals surface area contributed by atoms with Gasteiger partial charge in [0.15, 0.2) is 0 Å². The van der Waals surface area contributed by atoms with Crippen LogP contribution in [-0.4, -0.2) is 21.6 Å². The first kappa shape index (κ1) is 12.3. The molecule has 2 aromatic rings. The molecular weight excluding hydrogens is 228 g/mol. The second-order valence-electron chi connectivity index (χ2n) is 3.82. The number of ether oxygens (including phenoxy) is 1. The van der Waals surface area contributed by atoms with Gasteiger partial charge in [0, 0.05) is 18.5 Å². The Kier molecular flexibility index (Phi) is 4.06. The van der Waals surface area contributed by atoms with E-state index in [9.17, 15) is 0 Å². The van der Waals surface area contributed by atoms with Crippen molar-refractivity contribution in [2.75, 3.05) is 11.9 Å². The molecule has 18 heavy (non-hydrogen) atoms. The highest BCUT2D eigenvalue weighted by Crippen LogP contribution is 2.18. The van der Waals surface area contributed by atoms with Gasteiger partial charge in [0.1, 0.15) is 12.1 Å². The van der Waals surface area contributed by atoms with E-state index in [1.807, 2.05) is 19.1 Å². The van der Waals surface area contributed by atoms with Crippen LogP contribution in [0.1, 0.15) is 25.5 Å². The van der Waals surface area contributed by atoms with Crippen LogP contribution in [0.25, 0.3) is 0 Å². The van der Waals surface area contributed by atoms with Crippen LogP contribution in [0.5, 0.6) is 5.88 Å². The van der Waals surface area contributed by atoms with E-state index in [1.54, 1.807) is 18.5 Å². The second-order valence-corrected chi connectivity index (χ2v) is 3.82. The van der Waals surface area contributed by atoms with E-state index in [0.29, 0.717) is 12.5 Å². The van der Waals surface area contributed by atoms with Gasteiger partial charge in [-0.3, -0.25) is 4.98 Å². The molecule has 0 bridgehead atoms. The third-order valence-electron chi connectivity index (χ3n) is 2.50. The van der Waals surface area contributed by atoms with Gasteiger partial charge in [0.05, 0.1) is 12.6 Å². The lowest BCUT2D eigenvalue weighted by atomic mass is 10.1. The minimum atomic E-state index is 0.150. The molecule has 0 aliphatic carbocycles. The minimum absolute atomic E-state index is 0.150. The number of nitrogens with zero attached hydrogens (tertiary/aromatic N) is 3. The Bertz CT molecular complexity index is 489. The van der Waals surface area contributed by atoms with Crippen molar-refractivity contribution in [2.45, 2.75) is 19.9 Å². The zero-order valence-corrected chi connectivity index (χ0v) is 10.5. The molecule has 0 aromatic carbocycles. The fourth-order valence-electron chi connectivity index (χ4n) is 1.60. The molecule has 0 radical (unpaired) electrons. The van der Waals surface area contributed by atoms with Crippen LogP contribution in [0.15, 0.2) is 36.9 Å². The molecule has 2 heterocycles. The average Bonchev–Trinajstić information content (AvgIpc) is 2.40. The molecule has 0 aliphatic rings. The predicted molar refractivity (Wildman–Crippen MR) is 69.5 cm³/mol. The van der Waals surface area contributed by atoms with Crippen LogP contribution < -0.4 is 10.1 Å². The maximum absolute atomic E-state index is 5.33. The molecule has 2 aromatic heterocycles. The van der Waals surface area contributed by atoms with Crippen molar-refractivity contribution in [3.63, 3.8) is 0 Å². The van der Waals surface area contributed by atoms with Crippen LogP contribution in [-0.2, 0) is 0 Å². The molecule has 1 atom stereocenters. The maximum atomic E-state index is 5.33. The smallest absolute Gasteiger partial charge is 0.218 e. The number of pyridine rings is 1. The Morgan fingerprint density at radius 3 is 2.78 bits per heavy atom. The fraction of sp³-hybridized carbons (Fsp3) is 0.308. The van der Waals surface area contributed by atoms with Crippen LogP contribution in [0, 0.1) is 0 Å². The van der Waals surface area contributed by atoms with Crippen LogP contribution in [0.4, 0.5) is 5.82 Å². The third kappa shape index (κ3) is 3.16. The van der Waals surface area contributed by atoms with Gasteiger partial charge in [0.2, 0.25) is 5.88 Å². The molecule has 2 rings (SSSR count). The number of nitrogens with one attached hydrogen (secondary N) is 1. The van der Waals surface area contributed by atoms with Crippen molar-refractivity contribution in [3.05, 3.63) is 42.5 Å². The van der Waals surface area contributed by atoms with Gasteiger partial charge in [-0.25, -0.2) is 9.97 Å². The van der Waals surface area contributed by atoms with E-state index in [-0.39, 0.29) is 6.04 Å². The van der Waals surface area contributed by atoms with Crippen molar-refractivity contribution in [3.8, 4) is 5.88 Å². The van der Waals surface area contributed by atoms with E-state index in [1.165, 1.54) is 6.33 Å². The summed E-state index contributed by atoms with van der Waals surface area (Å²) < 4.78 is 5.33. The van der Waals surface area contributed by atoms with Crippen LogP contribution >= 0.6 is 0 Å². The molecular formula is C13H16N4O. The molecule has 0 saturated carbocycles. The van der Waals surface area contributed by atoms with Gasteiger partial charge in [-0.1, -0.05) is 0 Å². The van der Waals surface area contributed by atoms with E-state index >= 15 is 0 Å². The molecule has 0 fully saturated rings. The summed E-state index contributed by atoms with van der Waals surface area (Å²) in [5, 5.41) is 3.30. The predicted octanol–water partition coefficient (Wildman–Crippen LogP) is 2.44. The first-order valence-corrected chi connectivity index (χ1v) is 5.91. The summed E-state index contributed by atoms with van der Waals surface area (Å²) in [6.07, 6.45) is 5.05. The summed E-state index contributed by atoms with van der Waals surface area (Å²) in [5.74, 6) is 1.33. The SMILES string of the molecule is CCOc1cc(NC(C)c2ccncc2)ncn1. The average molecular weight is 244 g/mol. The minimum Gasteiger partial charge on any atom is -0.478 e. The summed E-state index contributed by atoms with van der Waals surface area (Å²) >= 11 is 0. The highest BCUT2D eigenvalue weighted by molar-refractivity contribution is 5.39. The Morgan fingerprint density at radius 2 is 2.06 bits per heavy atom. The highest BCUT2D eigenvalue weighted by Gasteiger charge is 2.06. The van der Waals surface area contributed by atoms with Crippen molar-refractivity contribution in [1.82, 2.24) is 15.0 Å². The highest BCUT2D eigenvalue weighted by atomic mass is 16.5. The van der Waals surface area contributed by atoms with E-state index in [2.05, 4.69) is 27.2 Å². The van der Waals surface area contributed by atoms with Crippen LogP contribution in [0.3, 0.4) is 0 Å². The Hall–Kier alpha value is -2.17. The van der Waals surface area contributed by atoms with Gasteiger partial charge >= 0.3 is 0 Å². The van der Waals surface area contributed by atoms with Crippen molar-refractivity contribution >= 4 is 5.82 Å². The summed E-state index contributed by atoms with van der Waals surface area (Å²) in [5.41, 5.74) is 1.15. The molecule has 0 aliphatic heterocycles. The monoisotopic (exact) mass is 244 g/mol. The summed E-state index contributed by atoms with van der Waals surface area (Å²) in [6.45, 7) is 4.59. The first-order chi connectivity index (χ1) is 8.79. The number of rotatable bonds is 5. The van der Waals surface area contributed by atoms with E-state index < -0.39 is 0 Å². The molecule has 5 nitrogen and oxygen atoms in total. The topological polar surface area (TPSA) is 59.9 Å². The fourth-order valence-corrected chi connectivity index (χ4v) is 1.60. The van der Waals surface area contributed by atoms with Gasteiger partial charge in [-0.05, 0) is 31.5 Å². The quantitative estimate of drug-likeness (QED) is 0.875. The lowest BCUT2D eigenvalue weighted by Crippen LogP contribution is -2.08. The molecule has 1 unspecified atom stereocenters. The number of hydrogen-bond donors (Lipinski definition) is 1. The summed E-state index contributed by atoms with van der Waals surface area (Å²) in [7, 11) is 0. The Balaban J connectivity index is 2.07. The normalized spacial score (nSPS) is 11.9. The van der Waals surface area contributed by atoms with Gasteiger partial charge < -0.3 is 10.1 Å². The third-order valence-corrected chi connectivity index (χ3v) is 2.50. The van der Waals surface area contributed by atoms with E-state index in [0.717, 1.165) is 11.4 Å². The number of aromatic nitrogens is 3. The Labute approximate surface area is 106 Å². The van der Waals surface area contributed by atoms with Crippen molar-refractivity contribution in [2.24, 2.45) is 0 Å².